The predicted molar refractivity (Wildman–Crippen MR) is 116 cm³/mol. The van der Waals surface area contributed by atoms with Crippen molar-refractivity contribution in [1.29, 1.82) is 0 Å². The Hall–Kier alpha value is -3.73. The van der Waals surface area contributed by atoms with E-state index in [4.69, 9.17) is 0 Å². The van der Waals surface area contributed by atoms with Gasteiger partial charge < -0.3 is 14.8 Å². The van der Waals surface area contributed by atoms with Crippen molar-refractivity contribution in [2.45, 2.75) is 44.7 Å². The number of hydrogen-bond acceptors (Lipinski definition) is 6. The Morgan fingerprint density at radius 3 is 2.61 bits per heavy atom. The largest absolute Gasteiger partial charge is 0.480 e. The monoisotopic (exact) mass is 458 g/mol. The fourth-order valence-corrected chi connectivity index (χ4v) is 4.35. The zero-order chi connectivity index (χ0) is 24.0. The summed E-state index contributed by atoms with van der Waals surface area (Å²) in [7, 11) is 0. The van der Waals surface area contributed by atoms with Crippen molar-refractivity contribution >= 4 is 34.8 Å². The van der Waals surface area contributed by atoms with Gasteiger partial charge in [-0.3, -0.25) is 9.59 Å². The summed E-state index contributed by atoms with van der Waals surface area (Å²) in [5, 5.41) is 19.3. The average molecular weight is 458 g/mol. The minimum Gasteiger partial charge on any atom is -0.480 e. The van der Waals surface area contributed by atoms with E-state index in [1.165, 1.54) is 25.3 Å². The van der Waals surface area contributed by atoms with E-state index >= 15 is 8.78 Å². The van der Waals surface area contributed by atoms with Gasteiger partial charge >= 0.3 is 11.9 Å². The molecule has 3 atom stereocenters. The molecule has 0 saturated carbocycles. The van der Waals surface area contributed by atoms with Gasteiger partial charge in [0, 0.05) is 11.6 Å². The third-order valence-corrected chi connectivity index (χ3v) is 5.86. The summed E-state index contributed by atoms with van der Waals surface area (Å²) in [5.74, 6) is -3.66. The molecule has 2 aromatic rings. The lowest BCUT2D eigenvalue weighted by atomic mass is 9.99. The van der Waals surface area contributed by atoms with E-state index < -0.39 is 47.3 Å². The number of benzene rings is 1. The highest BCUT2D eigenvalue weighted by molar-refractivity contribution is 6.39. The molecule has 1 aromatic heterocycles. The molecule has 3 heterocycles. The lowest BCUT2D eigenvalue weighted by molar-refractivity contribution is -0.147. The molecule has 1 fully saturated rings. The van der Waals surface area contributed by atoms with Crippen molar-refractivity contribution in [2.75, 3.05) is 0 Å². The van der Waals surface area contributed by atoms with Crippen LogP contribution >= 0.6 is 0 Å². The number of aromatic carboxylic acids is 1. The number of carboxylic acids is 2. The van der Waals surface area contributed by atoms with Crippen LogP contribution < -0.4 is 5.43 Å². The molecule has 2 aliphatic rings. The Balaban J connectivity index is 2.00. The normalized spacial score (nSPS) is 21.9. The first-order valence-corrected chi connectivity index (χ1v) is 10.1. The molecule has 11 heteroatoms. The zero-order valence-electron chi connectivity index (χ0n) is 17.5. The highest BCUT2D eigenvalue weighted by atomic mass is 19.1. The van der Waals surface area contributed by atoms with Gasteiger partial charge in [-0.05, 0) is 37.8 Å². The number of halogens is 2. The fourth-order valence-electron chi connectivity index (χ4n) is 4.35. The molecule has 0 spiro atoms. The summed E-state index contributed by atoms with van der Waals surface area (Å²) >= 11 is 0. The van der Waals surface area contributed by atoms with Crippen LogP contribution in [0.5, 0.6) is 0 Å². The Labute approximate surface area is 186 Å². The predicted octanol–water partition coefficient (Wildman–Crippen LogP) is 2.88. The molecule has 2 aliphatic heterocycles. The first kappa shape index (κ1) is 22.5. The summed E-state index contributed by atoms with van der Waals surface area (Å²) in [4.78, 5) is 45.5. The summed E-state index contributed by atoms with van der Waals surface area (Å²) in [6.07, 6.45) is -0.227. The van der Waals surface area contributed by atoms with Gasteiger partial charge in [0.15, 0.2) is 18.2 Å². The number of rotatable bonds is 5. The molecule has 0 radical (unpaired) electrons. The molecule has 33 heavy (non-hydrogen) atoms. The minimum absolute atomic E-state index is 0.0110. The second-order valence-corrected chi connectivity index (χ2v) is 7.92. The number of fused-ring (bicyclic) bond motifs is 1. The van der Waals surface area contributed by atoms with E-state index in [2.05, 4.69) is 16.6 Å². The maximum atomic E-state index is 15.3. The van der Waals surface area contributed by atoms with Crippen LogP contribution in [-0.4, -0.2) is 55.9 Å². The number of likely N-dealkylation sites (tertiary alicyclic amines) is 1. The number of aromatic nitrogens is 1. The van der Waals surface area contributed by atoms with E-state index in [1.54, 1.807) is 0 Å². The second-order valence-electron chi connectivity index (χ2n) is 7.92. The maximum absolute atomic E-state index is 15.3. The van der Waals surface area contributed by atoms with Gasteiger partial charge in [0.2, 0.25) is 5.43 Å². The zero-order valence-corrected chi connectivity index (χ0v) is 17.5. The van der Waals surface area contributed by atoms with Crippen LogP contribution in [0.3, 0.4) is 0 Å². The third-order valence-electron chi connectivity index (χ3n) is 5.86. The van der Waals surface area contributed by atoms with Gasteiger partial charge in [-0.1, -0.05) is 12.6 Å². The number of aliphatic imine (C=N–C) groups is 2. The van der Waals surface area contributed by atoms with Crippen LogP contribution in [0.25, 0.3) is 10.9 Å². The molecule has 1 aromatic carbocycles. The van der Waals surface area contributed by atoms with Gasteiger partial charge in [0.25, 0.3) is 0 Å². The highest BCUT2D eigenvalue weighted by Gasteiger charge is 2.43. The van der Waals surface area contributed by atoms with Gasteiger partial charge in [-0.15, -0.1) is 0 Å². The minimum atomic E-state index is -1.76. The Morgan fingerprint density at radius 2 is 2.00 bits per heavy atom. The molecule has 0 aliphatic carbocycles. The molecule has 2 N–H and O–H groups in total. The first-order chi connectivity index (χ1) is 15.6. The van der Waals surface area contributed by atoms with Gasteiger partial charge in [-0.25, -0.2) is 28.5 Å². The van der Waals surface area contributed by atoms with Crippen molar-refractivity contribution in [3.8, 4) is 0 Å². The van der Waals surface area contributed by atoms with Crippen LogP contribution in [0, 0.1) is 12.7 Å². The van der Waals surface area contributed by atoms with E-state index in [0.717, 1.165) is 15.7 Å². The van der Waals surface area contributed by atoms with Crippen LogP contribution in [0.15, 0.2) is 45.5 Å². The van der Waals surface area contributed by atoms with Crippen molar-refractivity contribution in [1.82, 2.24) is 9.47 Å². The molecule has 4 rings (SSSR count). The second kappa shape index (κ2) is 8.32. The number of piperidine rings is 1. The number of alkyl halides is 1. The smallest absolute Gasteiger partial charge is 0.341 e. The van der Waals surface area contributed by atoms with Gasteiger partial charge in [0.05, 0.1) is 23.6 Å². The molecule has 0 bridgehead atoms. The Bertz CT molecular complexity index is 1320. The summed E-state index contributed by atoms with van der Waals surface area (Å²) in [6, 6.07) is 1.07. The quantitative estimate of drug-likeness (QED) is 0.664. The van der Waals surface area contributed by atoms with Gasteiger partial charge in [0.1, 0.15) is 11.4 Å². The molecule has 172 valence electrons. The van der Waals surface area contributed by atoms with Crippen LogP contribution in [0.1, 0.15) is 41.3 Å². The van der Waals surface area contributed by atoms with Crippen molar-refractivity contribution in [3.05, 3.63) is 57.9 Å². The molecule has 1 saturated heterocycles. The highest BCUT2D eigenvalue weighted by Crippen LogP contribution is 2.36. The summed E-state index contributed by atoms with van der Waals surface area (Å²) in [5.41, 5.74) is -1.60. The van der Waals surface area contributed by atoms with Crippen LogP contribution in [0.2, 0.25) is 0 Å². The first-order valence-electron chi connectivity index (χ1n) is 10.1. The van der Waals surface area contributed by atoms with Gasteiger partial charge in [-0.2, -0.15) is 0 Å². The SMILES string of the molecule is C=C1N=CC(C(C(=O)O)N2C(F)CCCC2n2cc(C(=O)O)c(=O)c3ccc(C)c(F)c32)=N1. The number of pyridine rings is 1. The molecular weight excluding hydrogens is 438 g/mol. The fraction of sp³-hybridized carbons (Fsp3) is 0.318. The molecular formula is C22H20F2N4O5. The topological polar surface area (TPSA) is 125 Å². The van der Waals surface area contributed by atoms with E-state index in [0.29, 0.717) is 6.42 Å². The standard InChI is InChI=1S/C22H20F2N4O5/c1-10-6-7-12-18(17(10)24)27(9-13(20(12)29)21(30)31)16-5-3-4-15(23)28(16)19(22(32)33)14-8-25-11(2)26-14/h6-9,15-16,19H,2-5H2,1H3,(H,30,31)(H,32,33). The Morgan fingerprint density at radius 1 is 1.27 bits per heavy atom. The molecule has 0 amide bonds. The van der Waals surface area contributed by atoms with Crippen LogP contribution in [0.4, 0.5) is 8.78 Å². The van der Waals surface area contributed by atoms with Crippen molar-refractivity contribution in [2.24, 2.45) is 9.98 Å². The van der Waals surface area contributed by atoms with Crippen LogP contribution in [-0.2, 0) is 4.79 Å². The van der Waals surface area contributed by atoms with E-state index in [1.807, 2.05) is 0 Å². The number of aryl methyl sites for hydroxylation is 1. The average Bonchev–Trinajstić information content (AvgIpc) is 3.17. The lowest BCUT2D eigenvalue weighted by Crippen LogP contribution is -2.55. The Kier molecular flexibility index (Phi) is 5.66. The van der Waals surface area contributed by atoms with Crippen molar-refractivity contribution in [3.63, 3.8) is 0 Å². The maximum Gasteiger partial charge on any atom is 0.341 e. The third kappa shape index (κ3) is 3.74. The molecule has 3 unspecified atom stereocenters. The molecule has 9 nitrogen and oxygen atoms in total. The summed E-state index contributed by atoms with van der Waals surface area (Å²) in [6.45, 7) is 5.02. The van der Waals surface area contributed by atoms with E-state index in [-0.39, 0.29) is 40.8 Å². The number of hydrogen-bond donors (Lipinski definition) is 2. The number of aliphatic carboxylic acids is 1. The van der Waals surface area contributed by atoms with Crippen molar-refractivity contribution < 1.29 is 28.6 Å². The lowest BCUT2D eigenvalue weighted by Gasteiger charge is -2.42. The summed E-state index contributed by atoms with van der Waals surface area (Å²) < 4.78 is 31.7. The number of carboxylic acid groups (broad SMARTS) is 2. The van der Waals surface area contributed by atoms with E-state index in [9.17, 15) is 24.6 Å². The number of carbonyl (C=O) groups is 2. The number of nitrogens with zero attached hydrogens (tertiary/aromatic N) is 4.